The SMILES string of the molecule is CCOC(=O)COc1ccc(/C=N/NC(=O)c2ccc(COc3ccc(-n4c(C)ccc4C)cc3)o2)cc1OCC. The van der Waals surface area contributed by atoms with Crippen LogP contribution in [0.25, 0.3) is 5.69 Å². The number of carbonyl (C=O) groups excluding carboxylic acids is 2. The molecule has 0 aliphatic carbocycles. The van der Waals surface area contributed by atoms with E-state index in [0.29, 0.717) is 35.2 Å². The van der Waals surface area contributed by atoms with E-state index in [9.17, 15) is 9.59 Å². The molecule has 2 aromatic heterocycles. The monoisotopic (exact) mass is 559 g/mol. The number of nitrogens with one attached hydrogen (secondary N) is 1. The Balaban J connectivity index is 1.29. The summed E-state index contributed by atoms with van der Waals surface area (Å²) in [7, 11) is 0. The Labute approximate surface area is 238 Å². The van der Waals surface area contributed by atoms with E-state index in [4.69, 9.17) is 23.4 Å². The van der Waals surface area contributed by atoms with Gasteiger partial charge in [0, 0.05) is 17.1 Å². The Morgan fingerprint density at radius 3 is 2.34 bits per heavy atom. The average molecular weight is 560 g/mol. The molecule has 0 unspecified atom stereocenters. The molecule has 0 saturated heterocycles. The first-order chi connectivity index (χ1) is 19.9. The van der Waals surface area contributed by atoms with E-state index in [1.165, 1.54) is 6.21 Å². The Kier molecular flexibility index (Phi) is 9.82. The van der Waals surface area contributed by atoms with Crippen LogP contribution in [0.5, 0.6) is 17.2 Å². The zero-order valence-electron chi connectivity index (χ0n) is 23.5. The number of hydrogen-bond acceptors (Lipinski definition) is 8. The summed E-state index contributed by atoms with van der Waals surface area (Å²) in [4.78, 5) is 24.1. The summed E-state index contributed by atoms with van der Waals surface area (Å²) in [5, 5.41) is 4.00. The number of benzene rings is 2. The molecule has 0 aliphatic heterocycles. The normalized spacial score (nSPS) is 10.9. The third kappa shape index (κ3) is 7.78. The van der Waals surface area contributed by atoms with Gasteiger partial charge in [-0.1, -0.05) is 0 Å². The molecule has 10 heteroatoms. The number of rotatable bonds is 13. The minimum Gasteiger partial charge on any atom is -0.490 e. The number of furan rings is 1. The summed E-state index contributed by atoms with van der Waals surface area (Å²) in [5.41, 5.74) is 6.47. The largest absolute Gasteiger partial charge is 0.490 e. The lowest BCUT2D eigenvalue weighted by molar-refractivity contribution is -0.145. The van der Waals surface area contributed by atoms with E-state index in [0.717, 1.165) is 17.1 Å². The summed E-state index contributed by atoms with van der Waals surface area (Å²) in [6.45, 7) is 8.31. The molecule has 1 amide bonds. The van der Waals surface area contributed by atoms with Gasteiger partial charge in [0.05, 0.1) is 19.4 Å². The van der Waals surface area contributed by atoms with Crippen molar-refractivity contribution in [1.82, 2.24) is 9.99 Å². The van der Waals surface area contributed by atoms with Crippen molar-refractivity contribution in [2.45, 2.75) is 34.3 Å². The van der Waals surface area contributed by atoms with Gasteiger partial charge < -0.3 is 27.9 Å². The molecule has 2 aromatic carbocycles. The van der Waals surface area contributed by atoms with Crippen LogP contribution in [0.1, 0.15) is 47.1 Å². The van der Waals surface area contributed by atoms with Gasteiger partial charge in [-0.25, -0.2) is 10.2 Å². The van der Waals surface area contributed by atoms with E-state index >= 15 is 0 Å². The van der Waals surface area contributed by atoms with Gasteiger partial charge in [-0.2, -0.15) is 5.10 Å². The Hall–Kier alpha value is -4.99. The zero-order chi connectivity index (χ0) is 29.2. The maximum absolute atomic E-state index is 12.5. The summed E-state index contributed by atoms with van der Waals surface area (Å²) >= 11 is 0. The minimum absolute atomic E-state index is 0.104. The fraction of sp³-hybridized carbons (Fsp3) is 0.258. The summed E-state index contributed by atoms with van der Waals surface area (Å²) in [5.74, 6) is 1.15. The second-order valence-corrected chi connectivity index (χ2v) is 8.93. The molecule has 0 spiro atoms. The van der Waals surface area contributed by atoms with E-state index in [2.05, 4.69) is 41.1 Å². The topological polar surface area (TPSA) is 114 Å². The van der Waals surface area contributed by atoms with Crippen molar-refractivity contribution < 1.29 is 33.0 Å². The molecule has 0 fully saturated rings. The molecule has 10 nitrogen and oxygen atoms in total. The predicted molar refractivity (Wildman–Crippen MR) is 153 cm³/mol. The van der Waals surface area contributed by atoms with Gasteiger partial charge in [0.15, 0.2) is 23.9 Å². The standard InChI is InChI=1S/C31H33N3O7/c1-5-37-29-17-23(9-15-27(29)40-20-30(35)38-6-2)18-32-33-31(36)28-16-14-26(41-28)19-39-25-12-10-24(11-13-25)34-21(3)7-8-22(34)4/h7-18H,5-6,19-20H2,1-4H3,(H,33,36)/b32-18+. The summed E-state index contributed by atoms with van der Waals surface area (Å²) in [6.07, 6.45) is 1.46. The number of esters is 1. The molecule has 0 atom stereocenters. The number of carbonyl (C=O) groups is 2. The van der Waals surface area contributed by atoms with Gasteiger partial charge in [0.1, 0.15) is 18.1 Å². The van der Waals surface area contributed by atoms with Gasteiger partial charge in [-0.3, -0.25) is 4.79 Å². The molecule has 2 heterocycles. The molecule has 0 bridgehead atoms. The van der Waals surface area contributed by atoms with Gasteiger partial charge in [0.25, 0.3) is 0 Å². The predicted octanol–water partition coefficient (Wildman–Crippen LogP) is 5.37. The van der Waals surface area contributed by atoms with Gasteiger partial charge in [0.2, 0.25) is 0 Å². The maximum Gasteiger partial charge on any atom is 0.344 e. The first-order valence-electron chi connectivity index (χ1n) is 13.2. The van der Waals surface area contributed by atoms with Crippen molar-refractivity contribution in [3.63, 3.8) is 0 Å². The highest BCUT2D eigenvalue weighted by Gasteiger charge is 2.12. The van der Waals surface area contributed by atoms with E-state index in [1.54, 1.807) is 37.3 Å². The second-order valence-electron chi connectivity index (χ2n) is 8.93. The molecule has 214 valence electrons. The third-order valence-corrected chi connectivity index (χ3v) is 5.93. The number of ether oxygens (including phenoxy) is 4. The van der Waals surface area contributed by atoms with Crippen LogP contribution in [0.3, 0.4) is 0 Å². The van der Waals surface area contributed by atoms with Crippen LogP contribution >= 0.6 is 0 Å². The number of amides is 1. The van der Waals surface area contributed by atoms with Gasteiger partial charge in [-0.15, -0.1) is 0 Å². The number of aryl methyl sites for hydroxylation is 2. The summed E-state index contributed by atoms with van der Waals surface area (Å²) < 4.78 is 29.6. The van der Waals surface area contributed by atoms with E-state index in [-0.39, 0.29) is 25.6 Å². The van der Waals surface area contributed by atoms with Crippen molar-refractivity contribution in [2.24, 2.45) is 5.10 Å². The van der Waals surface area contributed by atoms with Crippen LogP contribution in [0, 0.1) is 13.8 Å². The highest BCUT2D eigenvalue weighted by atomic mass is 16.6. The second kappa shape index (κ2) is 13.9. The zero-order valence-corrected chi connectivity index (χ0v) is 23.5. The van der Waals surface area contributed by atoms with Crippen LogP contribution in [0.15, 0.2) is 76.2 Å². The van der Waals surface area contributed by atoms with Crippen LogP contribution in [-0.2, 0) is 16.1 Å². The molecular weight excluding hydrogens is 526 g/mol. The highest BCUT2D eigenvalue weighted by molar-refractivity contribution is 5.92. The lowest BCUT2D eigenvalue weighted by Crippen LogP contribution is -2.17. The van der Waals surface area contributed by atoms with Crippen LogP contribution < -0.4 is 19.6 Å². The Bertz CT molecular complexity index is 1480. The molecule has 4 rings (SSSR count). The lowest BCUT2D eigenvalue weighted by atomic mass is 10.2. The summed E-state index contributed by atoms with van der Waals surface area (Å²) in [6, 6.07) is 20.3. The van der Waals surface area contributed by atoms with Crippen molar-refractivity contribution in [3.05, 3.63) is 95.2 Å². The van der Waals surface area contributed by atoms with Gasteiger partial charge >= 0.3 is 11.9 Å². The van der Waals surface area contributed by atoms with Crippen molar-refractivity contribution in [2.75, 3.05) is 19.8 Å². The minimum atomic E-state index is -0.506. The molecule has 0 aliphatic rings. The van der Waals surface area contributed by atoms with Crippen LogP contribution in [-0.4, -0.2) is 42.5 Å². The fourth-order valence-corrected chi connectivity index (χ4v) is 4.05. The number of nitrogens with zero attached hydrogens (tertiary/aromatic N) is 2. The average Bonchev–Trinajstić information content (AvgIpc) is 3.58. The first kappa shape index (κ1) is 29.0. The lowest BCUT2D eigenvalue weighted by Gasteiger charge is -2.12. The van der Waals surface area contributed by atoms with Crippen molar-refractivity contribution in [1.29, 1.82) is 0 Å². The van der Waals surface area contributed by atoms with Crippen molar-refractivity contribution in [3.8, 4) is 22.9 Å². The van der Waals surface area contributed by atoms with Crippen LogP contribution in [0.4, 0.5) is 0 Å². The van der Waals surface area contributed by atoms with E-state index in [1.807, 2.05) is 31.2 Å². The first-order valence-corrected chi connectivity index (χ1v) is 13.2. The third-order valence-electron chi connectivity index (χ3n) is 5.93. The molecular formula is C31H33N3O7. The molecule has 0 radical (unpaired) electrons. The van der Waals surface area contributed by atoms with Crippen molar-refractivity contribution >= 4 is 18.1 Å². The Morgan fingerprint density at radius 1 is 0.878 bits per heavy atom. The Morgan fingerprint density at radius 2 is 1.63 bits per heavy atom. The van der Waals surface area contributed by atoms with Crippen LogP contribution in [0.2, 0.25) is 0 Å². The van der Waals surface area contributed by atoms with E-state index < -0.39 is 11.9 Å². The maximum atomic E-state index is 12.5. The quantitative estimate of drug-likeness (QED) is 0.133. The highest BCUT2D eigenvalue weighted by Crippen LogP contribution is 2.28. The molecule has 0 saturated carbocycles. The van der Waals surface area contributed by atoms with Gasteiger partial charge in [-0.05, 0) is 100.0 Å². The number of aromatic nitrogens is 1. The molecule has 41 heavy (non-hydrogen) atoms. The molecule has 4 aromatic rings. The smallest absolute Gasteiger partial charge is 0.344 e. The number of hydrazone groups is 1. The molecule has 1 N–H and O–H groups in total. The number of hydrogen-bond donors (Lipinski definition) is 1. The fourth-order valence-electron chi connectivity index (χ4n) is 4.05.